The van der Waals surface area contributed by atoms with Crippen LogP contribution >= 0.6 is 0 Å². The third-order valence-corrected chi connectivity index (χ3v) is 3.50. The fraction of sp³-hybridized carbons (Fsp3) is 0.278. The summed E-state index contributed by atoms with van der Waals surface area (Å²) < 4.78 is 0. The predicted octanol–water partition coefficient (Wildman–Crippen LogP) is 5.30. The average molecular weight is 249 g/mol. The lowest BCUT2D eigenvalue weighted by Crippen LogP contribution is -1.91. The fourth-order valence-corrected chi connectivity index (χ4v) is 2.41. The van der Waals surface area contributed by atoms with E-state index in [-0.39, 0.29) is 0 Å². The van der Waals surface area contributed by atoms with Gasteiger partial charge in [0.2, 0.25) is 0 Å². The molecule has 0 radical (unpaired) electrons. The maximum absolute atomic E-state index is 9.45. The van der Waals surface area contributed by atoms with Gasteiger partial charge in [-0.1, -0.05) is 62.7 Å². The monoisotopic (exact) mass is 249 g/mol. The second-order valence-corrected chi connectivity index (χ2v) is 4.88. The van der Waals surface area contributed by atoms with Crippen LogP contribution < -0.4 is 0 Å². The number of benzene rings is 2. The molecule has 19 heavy (non-hydrogen) atoms. The Bertz CT molecular complexity index is 632. The number of unbranched alkanes of at least 4 members (excludes halogenated alkanes) is 2. The van der Waals surface area contributed by atoms with E-state index in [1.54, 1.807) is 0 Å². The van der Waals surface area contributed by atoms with Gasteiger partial charge in [-0.3, -0.25) is 0 Å². The molecule has 0 aliphatic carbocycles. The first-order valence-corrected chi connectivity index (χ1v) is 6.88. The van der Waals surface area contributed by atoms with Gasteiger partial charge in [0, 0.05) is 5.39 Å². The molecule has 0 saturated carbocycles. The van der Waals surface area contributed by atoms with E-state index in [1.165, 1.54) is 12.8 Å². The number of fused-ring (bicyclic) bond motifs is 1. The van der Waals surface area contributed by atoms with Gasteiger partial charge >= 0.3 is 0 Å². The Morgan fingerprint density at radius 2 is 1.95 bits per heavy atom. The lowest BCUT2D eigenvalue weighted by atomic mass is 9.93. The summed E-state index contributed by atoms with van der Waals surface area (Å²) in [5.41, 5.74) is 2.85. The number of nitrogens with zero attached hydrogens (tertiary/aromatic N) is 1. The van der Waals surface area contributed by atoms with Crippen molar-refractivity contribution < 1.29 is 0 Å². The van der Waals surface area contributed by atoms with E-state index in [9.17, 15) is 5.26 Å². The average Bonchev–Trinajstić information content (AvgIpc) is 2.46. The first kappa shape index (κ1) is 13.4. The van der Waals surface area contributed by atoms with Crippen molar-refractivity contribution >= 4 is 16.3 Å². The Labute approximate surface area is 115 Å². The molecule has 1 heteroatoms. The van der Waals surface area contributed by atoms with Crippen LogP contribution in [0.25, 0.3) is 16.3 Å². The first-order chi connectivity index (χ1) is 9.27. The van der Waals surface area contributed by atoms with E-state index in [1.807, 2.05) is 30.3 Å². The normalized spacial score (nSPS) is 10.3. The Balaban J connectivity index is 2.38. The molecule has 0 heterocycles. The molecule has 2 rings (SSSR count). The zero-order chi connectivity index (χ0) is 13.7. The van der Waals surface area contributed by atoms with Crippen LogP contribution in [-0.4, -0.2) is 0 Å². The van der Waals surface area contributed by atoms with Gasteiger partial charge in [0.1, 0.15) is 6.07 Å². The van der Waals surface area contributed by atoms with Crippen molar-refractivity contribution in [2.45, 2.75) is 32.6 Å². The van der Waals surface area contributed by atoms with E-state index in [2.05, 4.69) is 25.6 Å². The summed E-state index contributed by atoms with van der Waals surface area (Å²) in [6.45, 7) is 6.36. The molecule has 1 nitrogen and oxygen atoms in total. The van der Waals surface area contributed by atoms with Crippen molar-refractivity contribution in [1.82, 2.24) is 0 Å². The molecule has 0 bridgehead atoms. The van der Waals surface area contributed by atoms with Crippen LogP contribution in [0.1, 0.15) is 43.7 Å². The van der Waals surface area contributed by atoms with Crippen LogP contribution in [0, 0.1) is 11.3 Å². The molecule has 2 aromatic rings. The Morgan fingerprint density at radius 3 is 2.68 bits per heavy atom. The van der Waals surface area contributed by atoms with Crippen molar-refractivity contribution in [3.05, 3.63) is 54.1 Å². The molecule has 0 aromatic heterocycles. The lowest BCUT2D eigenvalue weighted by Gasteiger charge is -2.10. The van der Waals surface area contributed by atoms with Gasteiger partial charge in [-0.25, -0.2) is 0 Å². The molecule has 96 valence electrons. The zero-order valence-corrected chi connectivity index (χ0v) is 11.4. The maximum atomic E-state index is 9.45. The zero-order valence-electron chi connectivity index (χ0n) is 11.4. The molecule has 0 fully saturated rings. The second-order valence-electron chi connectivity index (χ2n) is 4.88. The van der Waals surface area contributed by atoms with Crippen molar-refractivity contribution in [1.29, 1.82) is 5.26 Å². The summed E-state index contributed by atoms with van der Waals surface area (Å²) in [5.74, 6) is 0. The van der Waals surface area contributed by atoms with Crippen LogP contribution in [0.2, 0.25) is 0 Å². The molecular weight excluding hydrogens is 230 g/mol. The largest absolute Gasteiger partial charge is 0.192 e. The number of hydrogen-bond donors (Lipinski definition) is 0. The number of hydrogen-bond acceptors (Lipinski definition) is 1. The topological polar surface area (TPSA) is 23.8 Å². The minimum absolute atomic E-state index is 0.764. The summed E-state index contributed by atoms with van der Waals surface area (Å²) >= 11 is 0. The highest BCUT2D eigenvalue weighted by Gasteiger charge is 2.09. The highest BCUT2D eigenvalue weighted by Crippen LogP contribution is 2.28. The SMILES string of the molecule is C=C(CCCCC)c1ccc2ccccc2c1C#N. The van der Waals surface area contributed by atoms with E-state index in [4.69, 9.17) is 0 Å². The molecule has 0 spiro atoms. The molecule has 0 saturated heterocycles. The van der Waals surface area contributed by atoms with E-state index >= 15 is 0 Å². The van der Waals surface area contributed by atoms with Crippen LogP contribution in [0.15, 0.2) is 43.0 Å². The molecule has 0 unspecified atom stereocenters. The van der Waals surface area contributed by atoms with Crippen LogP contribution in [0.5, 0.6) is 0 Å². The summed E-state index contributed by atoms with van der Waals surface area (Å²) in [6.07, 6.45) is 4.54. The van der Waals surface area contributed by atoms with Gasteiger partial charge in [0.05, 0.1) is 5.56 Å². The fourth-order valence-electron chi connectivity index (χ4n) is 2.41. The molecule has 0 amide bonds. The summed E-state index contributed by atoms with van der Waals surface area (Å²) in [4.78, 5) is 0. The number of rotatable bonds is 5. The third-order valence-electron chi connectivity index (χ3n) is 3.50. The standard InChI is InChI=1S/C18H19N/c1-3-4-5-8-14(2)16-12-11-15-9-6-7-10-17(15)18(16)13-19/h6-7,9-12H,2-5,8H2,1H3. The molecule has 0 aliphatic rings. The number of allylic oxidation sites excluding steroid dienone is 1. The van der Waals surface area contributed by atoms with Crippen LogP contribution in [0.4, 0.5) is 0 Å². The van der Waals surface area contributed by atoms with E-state index in [0.29, 0.717) is 0 Å². The Kier molecular flexibility index (Phi) is 4.36. The molecule has 0 atom stereocenters. The quantitative estimate of drug-likeness (QED) is 0.659. The van der Waals surface area contributed by atoms with Gasteiger partial charge in [-0.2, -0.15) is 5.26 Å². The minimum Gasteiger partial charge on any atom is -0.192 e. The summed E-state index contributed by atoms with van der Waals surface area (Å²) in [7, 11) is 0. The van der Waals surface area contributed by atoms with Crippen LogP contribution in [0.3, 0.4) is 0 Å². The first-order valence-electron chi connectivity index (χ1n) is 6.88. The van der Waals surface area contributed by atoms with Crippen molar-refractivity contribution in [3.63, 3.8) is 0 Å². The smallest absolute Gasteiger partial charge is 0.100 e. The molecular formula is C18H19N. The van der Waals surface area contributed by atoms with Crippen LogP contribution in [-0.2, 0) is 0 Å². The van der Waals surface area contributed by atoms with E-state index in [0.717, 1.165) is 40.3 Å². The summed E-state index contributed by atoms with van der Waals surface area (Å²) in [6, 6.07) is 14.5. The highest BCUT2D eigenvalue weighted by molar-refractivity contribution is 5.92. The van der Waals surface area contributed by atoms with Gasteiger partial charge in [-0.05, 0) is 29.4 Å². The highest BCUT2D eigenvalue weighted by atomic mass is 14.3. The predicted molar refractivity (Wildman–Crippen MR) is 81.8 cm³/mol. The van der Waals surface area contributed by atoms with E-state index < -0.39 is 0 Å². The van der Waals surface area contributed by atoms with Crippen molar-refractivity contribution in [2.24, 2.45) is 0 Å². The summed E-state index contributed by atoms with van der Waals surface area (Å²) in [5, 5.41) is 11.6. The molecule has 2 aromatic carbocycles. The van der Waals surface area contributed by atoms with Gasteiger partial charge < -0.3 is 0 Å². The third kappa shape index (κ3) is 2.85. The van der Waals surface area contributed by atoms with Gasteiger partial charge in [-0.15, -0.1) is 0 Å². The van der Waals surface area contributed by atoms with Gasteiger partial charge in [0.25, 0.3) is 0 Å². The number of nitriles is 1. The Morgan fingerprint density at radius 1 is 1.16 bits per heavy atom. The van der Waals surface area contributed by atoms with Gasteiger partial charge in [0.15, 0.2) is 0 Å². The van der Waals surface area contributed by atoms with Crippen molar-refractivity contribution in [2.75, 3.05) is 0 Å². The maximum Gasteiger partial charge on any atom is 0.100 e. The molecule has 0 N–H and O–H groups in total. The molecule has 0 aliphatic heterocycles. The minimum atomic E-state index is 0.764. The Hall–Kier alpha value is -2.07. The lowest BCUT2D eigenvalue weighted by molar-refractivity contribution is 0.736. The second kappa shape index (κ2) is 6.20. The van der Waals surface area contributed by atoms with Crippen molar-refractivity contribution in [3.8, 4) is 6.07 Å².